The predicted molar refractivity (Wildman–Crippen MR) is 74.9 cm³/mol. The van der Waals surface area contributed by atoms with Crippen molar-refractivity contribution in [1.29, 1.82) is 0 Å². The Morgan fingerprint density at radius 1 is 1.29 bits per heavy atom. The Balaban J connectivity index is 2.17. The maximum Gasteiger partial charge on any atom is 0.151 e. The van der Waals surface area contributed by atoms with Gasteiger partial charge >= 0.3 is 0 Å². The highest BCUT2D eigenvalue weighted by Crippen LogP contribution is 2.20. The number of anilines is 2. The van der Waals surface area contributed by atoms with E-state index in [9.17, 15) is 0 Å². The van der Waals surface area contributed by atoms with Crippen molar-refractivity contribution in [2.75, 3.05) is 17.7 Å². The summed E-state index contributed by atoms with van der Waals surface area (Å²) >= 11 is 3.46. The molecule has 2 N–H and O–H groups in total. The molecule has 0 fully saturated rings. The Hall–Kier alpha value is -1.55. The molecule has 88 valence electrons. The summed E-state index contributed by atoms with van der Waals surface area (Å²) in [6.45, 7) is 0.778. The zero-order chi connectivity index (χ0) is 12.3. The van der Waals surface area contributed by atoms with Gasteiger partial charge in [0.2, 0.25) is 0 Å². The number of nitrogen functional groups attached to an aromatic ring is 1. The van der Waals surface area contributed by atoms with Gasteiger partial charge in [-0.1, -0.05) is 28.1 Å². The number of pyridine rings is 1. The van der Waals surface area contributed by atoms with Crippen molar-refractivity contribution in [3.8, 4) is 0 Å². The van der Waals surface area contributed by atoms with Gasteiger partial charge in [0, 0.05) is 24.3 Å². The number of aromatic nitrogens is 1. The predicted octanol–water partition coefficient (Wildman–Crippen LogP) is 3.06. The highest BCUT2D eigenvalue weighted by Gasteiger charge is 2.06. The third-order valence-electron chi connectivity index (χ3n) is 2.49. The van der Waals surface area contributed by atoms with Crippen LogP contribution in [0.3, 0.4) is 0 Å². The van der Waals surface area contributed by atoms with E-state index in [1.165, 1.54) is 5.56 Å². The molecule has 0 amide bonds. The molecule has 1 heterocycles. The Kier molecular flexibility index (Phi) is 3.64. The van der Waals surface area contributed by atoms with E-state index in [2.05, 4.69) is 33.0 Å². The van der Waals surface area contributed by atoms with Crippen molar-refractivity contribution < 1.29 is 0 Å². The van der Waals surface area contributed by atoms with E-state index in [4.69, 9.17) is 5.73 Å². The second kappa shape index (κ2) is 5.19. The van der Waals surface area contributed by atoms with Gasteiger partial charge in [-0.05, 0) is 29.8 Å². The number of hydrogen-bond donors (Lipinski definition) is 1. The summed E-state index contributed by atoms with van der Waals surface area (Å²) in [5.74, 6) is 0.812. The Morgan fingerprint density at radius 3 is 2.82 bits per heavy atom. The number of benzene rings is 1. The Morgan fingerprint density at radius 2 is 2.12 bits per heavy atom. The highest BCUT2D eigenvalue weighted by molar-refractivity contribution is 9.10. The normalized spacial score (nSPS) is 10.2. The first-order chi connectivity index (χ1) is 8.16. The van der Waals surface area contributed by atoms with Crippen LogP contribution in [0, 0.1) is 0 Å². The lowest BCUT2D eigenvalue weighted by Gasteiger charge is -2.19. The molecule has 1 aromatic carbocycles. The van der Waals surface area contributed by atoms with E-state index in [-0.39, 0.29) is 0 Å². The molecule has 0 bridgehead atoms. The average Bonchev–Trinajstić information content (AvgIpc) is 2.29. The largest absolute Gasteiger partial charge is 0.396 e. The van der Waals surface area contributed by atoms with Crippen LogP contribution in [0.2, 0.25) is 0 Å². The number of nitrogens with two attached hydrogens (primary N) is 1. The molecule has 0 saturated heterocycles. The Bertz CT molecular complexity index is 514. The molecule has 0 aliphatic heterocycles. The first-order valence-electron chi connectivity index (χ1n) is 5.33. The standard InChI is InChI=1S/C13H14BrN3/c1-17(13-12(15)6-3-7-16-13)9-10-4-2-5-11(14)8-10/h2-8H,9,15H2,1H3. The van der Waals surface area contributed by atoms with Gasteiger partial charge in [-0.2, -0.15) is 0 Å². The van der Waals surface area contributed by atoms with Gasteiger partial charge in [-0.25, -0.2) is 4.98 Å². The van der Waals surface area contributed by atoms with E-state index in [0.717, 1.165) is 16.8 Å². The third kappa shape index (κ3) is 2.97. The van der Waals surface area contributed by atoms with Crippen LogP contribution in [0.1, 0.15) is 5.56 Å². The van der Waals surface area contributed by atoms with Gasteiger partial charge in [-0.3, -0.25) is 0 Å². The summed E-state index contributed by atoms with van der Waals surface area (Å²) in [4.78, 5) is 6.32. The minimum Gasteiger partial charge on any atom is -0.396 e. The maximum atomic E-state index is 5.89. The molecule has 17 heavy (non-hydrogen) atoms. The second-order valence-corrected chi connectivity index (χ2v) is 4.82. The molecule has 0 unspecified atom stereocenters. The van der Waals surface area contributed by atoms with Crippen LogP contribution in [0.5, 0.6) is 0 Å². The summed E-state index contributed by atoms with van der Waals surface area (Å²) in [6.07, 6.45) is 1.75. The second-order valence-electron chi connectivity index (χ2n) is 3.90. The summed E-state index contributed by atoms with van der Waals surface area (Å²) in [5.41, 5.74) is 7.81. The van der Waals surface area contributed by atoms with Gasteiger partial charge in [0.05, 0.1) is 5.69 Å². The van der Waals surface area contributed by atoms with Crippen LogP contribution in [0.25, 0.3) is 0 Å². The molecule has 2 rings (SSSR count). The molecule has 1 aromatic heterocycles. The quantitative estimate of drug-likeness (QED) is 0.945. The summed E-state index contributed by atoms with van der Waals surface area (Å²) in [7, 11) is 1.99. The molecule has 0 radical (unpaired) electrons. The molecule has 0 atom stereocenters. The molecule has 0 saturated carbocycles. The molecule has 0 aliphatic carbocycles. The van der Waals surface area contributed by atoms with E-state index < -0.39 is 0 Å². The molecular formula is C13H14BrN3. The summed E-state index contributed by atoms with van der Waals surface area (Å²) < 4.78 is 1.08. The van der Waals surface area contributed by atoms with Gasteiger partial charge in [0.1, 0.15) is 0 Å². The molecular weight excluding hydrogens is 278 g/mol. The molecule has 0 aliphatic rings. The minimum atomic E-state index is 0.699. The topological polar surface area (TPSA) is 42.2 Å². The van der Waals surface area contributed by atoms with E-state index >= 15 is 0 Å². The van der Waals surface area contributed by atoms with Crippen molar-refractivity contribution in [1.82, 2.24) is 4.98 Å². The zero-order valence-corrected chi connectivity index (χ0v) is 11.2. The fourth-order valence-electron chi connectivity index (χ4n) is 1.71. The van der Waals surface area contributed by atoms with Crippen LogP contribution in [0.15, 0.2) is 47.1 Å². The number of halogens is 1. The number of nitrogens with zero attached hydrogens (tertiary/aromatic N) is 2. The number of hydrogen-bond acceptors (Lipinski definition) is 3. The molecule has 0 spiro atoms. The van der Waals surface area contributed by atoms with Crippen molar-refractivity contribution in [2.45, 2.75) is 6.54 Å². The van der Waals surface area contributed by atoms with Gasteiger partial charge in [0.15, 0.2) is 5.82 Å². The van der Waals surface area contributed by atoms with E-state index in [1.54, 1.807) is 6.20 Å². The van der Waals surface area contributed by atoms with Crippen LogP contribution in [0.4, 0.5) is 11.5 Å². The van der Waals surface area contributed by atoms with E-state index in [0.29, 0.717) is 5.69 Å². The van der Waals surface area contributed by atoms with Crippen LogP contribution in [-0.2, 0) is 6.54 Å². The monoisotopic (exact) mass is 291 g/mol. The van der Waals surface area contributed by atoms with E-state index in [1.807, 2.05) is 36.2 Å². The smallest absolute Gasteiger partial charge is 0.151 e. The lowest BCUT2D eigenvalue weighted by molar-refractivity contribution is 0.899. The fraction of sp³-hybridized carbons (Fsp3) is 0.154. The number of rotatable bonds is 3. The van der Waals surface area contributed by atoms with Crippen LogP contribution >= 0.6 is 15.9 Å². The Labute approximate surface area is 109 Å². The van der Waals surface area contributed by atoms with Crippen LogP contribution < -0.4 is 10.6 Å². The highest BCUT2D eigenvalue weighted by atomic mass is 79.9. The SMILES string of the molecule is CN(Cc1cccc(Br)c1)c1ncccc1N. The molecule has 3 nitrogen and oxygen atoms in total. The van der Waals surface area contributed by atoms with Gasteiger partial charge in [0.25, 0.3) is 0 Å². The van der Waals surface area contributed by atoms with Crippen molar-refractivity contribution in [2.24, 2.45) is 0 Å². The lowest BCUT2D eigenvalue weighted by atomic mass is 10.2. The summed E-state index contributed by atoms with van der Waals surface area (Å²) in [5, 5.41) is 0. The van der Waals surface area contributed by atoms with Crippen molar-refractivity contribution in [3.05, 3.63) is 52.6 Å². The first-order valence-corrected chi connectivity index (χ1v) is 6.12. The maximum absolute atomic E-state index is 5.89. The average molecular weight is 292 g/mol. The van der Waals surface area contributed by atoms with Gasteiger partial charge in [-0.15, -0.1) is 0 Å². The van der Waals surface area contributed by atoms with Gasteiger partial charge < -0.3 is 10.6 Å². The molecule has 4 heteroatoms. The zero-order valence-electron chi connectivity index (χ0n) is 9.60. The van der Waals surface area contributed by atoms with Crippen molar-refractivity contribution in [3.63, 3.8) is 0 Å². The summed E-state index contributed by atoms with van der Waals surface area (Å²) in [6, 6.07) is 11.9. The lowest BCUT2D eigenvalue weighted by Crippen LogP contribution is -2.19. The fourth-order valence-corrected chi connectivity index (χ4v) is 2.16. The third-order valence-corrected chi connectivity index (χ3v) is 2.98. The van der Waals surface area contributed by atoms with Crippen LogP contribution in [-0.4, -0.2) is 12.0 Å². The first kappa shape index (κ1) is 11.9. The minimum absolute atomic E-state index is 0.699. The molecule has 2 aromatic rings. The van der Waals surface area contributed by atoms with Crippen molar-refractivity contribution >= 4 is 27.4 Å².